The topological polar surface area (TPSA) is 60.2 Å². The lowest BCUT2D eigenvalue weighted by molar-refractivity contribution is 0.0518. The molecule has 0 radical (unpaired) electrons. The second kappa shape index (κ2) is 5.41. The fourth-order valence-electron chi connectivity index (χ4n) is 1.57. The van der Waals surface area contributed by atoms with Crippen LogP contribution >= 0.6 is 0 Å². The van der Waals surface area contributed by atoms with Crippen LogP contribution in [0.25, 0.3) is 0 Å². The van der Waals surface area contributed by atoms with E-state index >= 15 is 0 Å². The third-order valence-corrected chi connectivity index (χ3v) is 2.63. The van der Waals surface area contributed by atoms with Crippen molar-refractivity contribution in [3.05, 3.63) is 11.7 Å². The summed E-state index contributed by atoms with van der Waals surface area (Å²) in [5.41, 5.74) is 0. The van der Waals surface area contributed by atoms with Gasteiger partial charge in [-0.25, -0.2) is 0 Å². The quantitative estimate of drug-likeness (QED) is 0.766. The average molecular weight is 225 g/mol. The Bertz CT molecular complexity index is 323. The van der Waals surface area contributed by atoms with Crippen LogP contribution in [0.15, 0.2) is 4.52 Å². The van der Waals surface area contributed by atoms with Gasteiger partial charge < -0.3 is 14.6 Å². The van der Waals surface area contributed by atoms with Crippen LogP contribution in [-0.4, -0.2) is 22.8 Å². The summed E-state index contributed by atoms with van der Waals surface area (Å²) in [5, 5.41) is 7.29. The van der Waals surface area contributed by atoms with Crippen molar-refractivity contribution >= 4 is 0 Å². The fraction of sp³-hybridized carbons (Fsp3) is 0.818. The number of nitrogens with zero attached hydrogens (tertiary/aromatic N) is 2. The van der Waals surface area contributed by atoms with Crippen molar-refractivity contribution in [3.63, 3.8) is 0 Å². The summed E-state index contributed by atoms with van der Waals surface area (Å²) in [5.74, 6) is 1.32. The molecule has 1 heterocycles. The molecule has 5 nitrogen and oxygen atoms in total. The molecule has 1 aromatic rings. The highest BCUT2D eigenvalue weighted by Gasteiger charge is 2.22. The molecule has 90 valence electrons. The van der Waals surface area contributed by atoms with Crippen LogP contribution in [0.3, 0.4) is 0 Å². The minimum absolute atomic E-state index is 0.0385. The van der Waals surface area contributed by atoms with Gasteiger partial charge in [-0.05, 0) is 26.2 Å². The van der Waals surface area contributed by atoms with Gasteiger partial charge in [-0.1, -0.05) is 12.1 Å². The molecule has 0 aliphatic heterocycles. The van der Waals surface area contributed by atoms with Gasteiger partial charge in [0.1, 0.15) is 6.10 Å². The molecular weight excluding hydrogens is 206 g/mol. The molecule has 1 N–H and O–H groups in total. The molecule has 1 unspecified atom stereocenters. The van der Waals surface area contributed by atoms with Gasteiger partial charge in [-0.15, -0.1) is 0 Å². The van der Waals surface area contributed by atoms with E-state index < -0.39 is 0 Å². The second-order valence-corrected chi connectivity index (χ2v) is 4.05. The Morgan fingerprint density at radius 3 is 2.94 bits per heavy atom. The molecule has 1 aliphatic rings. The molecule has 1 saturated carbocycles. The molecule has 1 aromatic heterocycles. The lowest BCUT2D eigenvalue weighted by Gasteiger charge is -2.09. The Balaban J connectivity index is 1.88. The lowest BCUT2D eigenvalue weighted by Crippen LogP contribution is -2.15. The van der Waals surface area contributed by atoms with Gasteiger partial charge >= 0.3 is 0 Å². The zero-order valence-electron chi connectivity index (χ0n) is 9.90. The minimum Gasteiger partial charge on any atom is -0.370 e. The van der Waals surface area contributed by atoms with Gasteiger partial charge in [0, 0.05) is 12.6 Å². The van der Waals surface area contributed by atoms with E-state index in [1.54, 1.807) is 0 Å². The summed E-state index contributed by atoms with van der Waals surface area (Å²) in [4.78, 5) is 4.33. The number of ether oxygens (including phenoxy) is 1. The normalized spacial score (nSPS) is 17.6. The van der Waals surface area contributed by atoms with E-state index in [4.69, 9.17) is 9.26 Å². The van der Waals surface area contributed by atoms with Crippen LogP contribution in [0.2, 0.25) is 0 Å². The van der Waals surface area contributed by atoms with E-state index in [1.165, 1.54) is 12.8 Å². The molecular formula is C11H19N3O2. The minimum atomic E-state index is -0.0385. The maximum atomic E-state index is 5.52. The Kier molecular flexibility index (Phi) is 3.90. The summed E-state index contributed by atoms with van der Waals surface area (Å²) in [6.07, 6.45) is 3.35. The second-order valence-electron chi connectivity index (χ2n) is 4.05. The van der Waals surface area contributed by atoms with Crippen molar-refractivity contribution in [2.75, 3.05) is 6.61 Å². The van der Waals surface area contributed by atoms with Gasteiger partial charge in [0.2, 0.25) is 11.7 Å². The van der Waals surface area contributed by atoms with Gasteiger partial charge in [-0.2, -0.15) is 4.98 Å². The number of hydrogen-bond acceptors (Lipinski definition) is 5. The molecule has 0 aromatic carbocycles. The number of hydrogen-bond donors (Lipinski definition) is 1. The molecule has 1 aliphatic carbocycles. The van der Waals surface area contributed by atoms with Crippen molar-refractivity contribution in [3.8, 4) is 0 Å². The standard InChI is InChI=1S/C11H19N3O2/c1-3-9(15-4-2)11-13-10(16-14-11)7-12-8-5-6-8/h8-9,12H,3-7H2,1-2H3. The van der Waals surface area contributed by atoms with Gasteiger partial charge in [-0.3, -0.25) is 0 Å². The number of aromatic nitrogens is 2. The van der Waals surface area contributed by atoms with E-state index in [0.717, 1.165) is 6.42 Å². The molecule has 1 fully saturated rings. The summed E-state index contributed by atoms with van der Waals surface area (Å²) >= 11 is 0. The highest BCUT2D eigenvalue weighted by molar-refractivity contribution is 4.92. The van der Waals surface area contributed by atoms with E-state index in [9.17, 15) is 0 Å². The maximum Gasteiger partial charge on any atom is 0.240 e. The molecule has 0 spiro atoms. The Morgan fingerprint density at radius 1 is 1.50 bits per heavy atom. The first kappa shape index (κ1) is 11.5. The molecule has 5 heteroatoms. The van der Waals surface area contributed by atoms with Crippen LogP contribution < -0.4 is 5.32 Å². The molecule has 16 heavy (non-hydrogen) atoms. The summed E-state index contributed by atoms with van der Waals surface area (Å²) < 4.78 is 10.7. The third-order valence-electron chi connectivity index (χ3n) is 2.63. The lowest BCUT2D eigenvalue weighted by atomic mass is 10.2. The highest BCUT2D eigenvalue weighted by Crippen LogP contribution is 2.20. The largest absolute Gasteiger partial charge is 0.370 e. The van der Waals surface area contributed by atoms with Crippen LogP contribution in [-0.2, 0) is 11.3 Å². The van der Waals surface area contributed by atoms with Crippen molar-refractivity contribution in [2.24, 2.45) is 0 Å². The van der Waals surface area contributed by atoms with E-state index in [1.807, 2.05) is 6.92 Å². The number of rotatable bonds is 7. The van der Waals surface area contributed by atoms with Gasteiger partial charge in [0.05, 0.1) is 6.54 Å². The van der Waals surface area contributed by atoms with E-state index in [-0.39, 0.29) is 6.10 Å². The van der Waals surface area contributed by atoms with Crippen LogP contribution in [0.5, 0.6) is 0 Å². The van der Waals surface area contributed by atoms with Crippen LogP contribution in [0, 0.1) is 0 Å². The Morgan fingerprint density at radius 2 is 2.31 bits per heavy atom. The summed E-state index contributed by atoms with van der Waals surface area (Å²) in [7, 11) is 0. The SMILES string of the molecule is CCOC(CC)c1noc(CNC2CC2)n1. The van der Waals surface area contributed by atoms with E-state index in [2.05, 4.69) is 22.4 Å². The van der Waals surface area contributed by atoms with Crippen molar-refractivity contribution < 1.29 is 9.26 Å². The monoisotopic (exact) mass is 225 g/mol. The molecule has 0 saturated heterocycles. The van der Waals surface area contributed by atoms with Crippen molar-refractivity contribution in [2.45, 2.75) is 51.8 Å². The third kappa shape index (κ3) is 3.02. The first-order chi connectivity index (χ1) is 7.83. The molecule has 2 rings (SSSR count). The predicted molar refractivity (Wildman–Crippen MR) is 58.8 cm³/mol. The Hall–Kier alpha value is -0.940. The zero-order chi connectivity index (χ0) is 11.4. The van der Waals surface area contributed by atoms with Crippen LogP contribution in [0.1, 0.15) is 50.9 Å². The smallest absolute Gasteiger partial charge is 0.240 e. The predicted octanol–water partition coefficient (Wildman–Crippen LogP) is 1.81. The summed E-state index contributed by atoms with van der Waals surface area (Å²) in [6, 6.07) is 0.657. The van der Waals surface area contributed by atoms with Crippen molar-refractivity contribution in [1.29, 1.82) is 0 Å². The molecule has 0 bridgehead atoms. The summed E-state index contributed by atoms with van der Waals surface area (Å²) in [6.45, 7) is 5.36. The molecule has 1 atom stereocenters. The first-order valence-corrected chi connectivity index (χ1v) is 6.01. The first-order valence-electron chi connectivity index (χ1n) is 6.01. The van der Waals surface area contributed by atoms with Crippen molar-refractivity contribution in [1.82, 2.24) is 15.5 Å². The van der Waals surface area contributed by atoms with E-state index in [0.29, 0.717) is 30.9 Å². The Labute approximate surface area is 95.6 Å². The molecule has 0 amide bonds. The van der Waals surface area contributed by atoms with Gasteiger partial charge in [0.15, 0.2) is 0 Å². The van der Waals surface area contributed by atoms with Crippen LogP contribution in [0.4, 0.5) is 0 Å². The maximum absolute atomic E-state index is 5.52. The average Bonchev–Trinajstić information content (AvgIpc) is 3.02. The highest BCUT2D eigenvalue weighted by atomic mass is 16.5. The van der Waals surface area contributed by atoms with Gasteiger partial charge in [0.25, 0.3) is 0 Å². The zero-order valence-corrected chi connectivity index (χ0v) is 9.90. The number of nitrogens with one attached hydrogen (secondary N) is 1. The fourth-order valence-corrected chi connectivity index (χ4v) is 1.57.